The highest BCUT2D eigenvalue weighted by Crippen LogP contribution is 2.17. The third-order valence-electron chi connectivity index (χ3n) is 3.67. The second-order valence-corrected chi connectivity index (χ2v) is 5.50. The van der Waals surface area contributed by atoms with Crippen molar-refractivity contribution in [1.82, 2.24) is 4.90 Å². The Bertz CT molecular complexity index is 444. The first kappa shape index (κ1) is 15.3. The standard InChI is InChI=1S/C15H20ClNO3/c16-14-4-2-1-3-13(14)10-20-11-15(19)17-7-5-12(9-18)6-8-17/h1-4,12,18H,5-11H2. The zero-order valence-corrected chi connectivity index (χ0v) is 12.2. The number of aliphatic hydroxyl groups excluding tert-OH is 1. The SMILES string of the molecule is O=C(COCc1ccccc1Cl)N1CCC(CO)CC1. The number of hydrogen-bond donors (Lipinski definition) is 1. The number of halogens is 1. The predicted molar refractivity (Wildman–Crippen MR) is 77.5 cm³/mol. The molecule has 2 rings (SSSR count). The van der Waals surface area contributed by atoms with Crippen LogP contribution in [0.3, 0.4) is 0 Å². The fraction of sp³-hybridized carbons (Fsp3) is 0.533. The molecule has 1 aromatic carbocycles. The molecule has 0 bridgehead atoms. The second kappa shape index (κ2) is 7.62. The Labute approximate surface area is 124 Å². The van der Waals surface area contributed by atoms with E-state index in [1.165, 1.54) is 0 Å². The van der Waals surface area contributed by atoms with Crippen molar-refractivity contribution in [3.05, 3.63) is 34.9 Å². The van der Waals surface area contributed by atoms with Gasteiger partial charge in [-0.3, -0.25) is 4.79 Å². The van der Waals surface area contributed by atoms with Gasteiger partial charge in [0.25, 0.3) is 0 Å². The van der Waals surface area contributed by atoms with E-state index in [0.717, 1.165) is 18.4 Å². The lowest BCUT2D eigenvalue weighted by molar-refractivity contribution is -0.138. The van der Waals surface area contributed by atoms with Crippen molar-refractivity contribution in [2.24, 2.45) is 5.92 Å². The van der Waals surface area contributed by atoms with Crippen LogP contribution in [0, 0.1) is 5.92 Å². The number of ether oxygens (including phenoxy) is 1. The Balaban J connectivity index is 1.72. The molecule has 0 aromatic heterocycles. The molecule has 1 aliphatic heterocycles. The van der Waals surface area contributed by atoms with Crippen molar-refractivity contribution in [2.45, 2.75) is 19.4 Å². The number of nitrogens with zero attached hydrogens (tertiary/aromatic N) is 1. The quantitative estimate of drug-likeness (QED) is 0.905. The fourth-order valence-electron chi connectivity index (χ4n) is 2.32. The number of piperidine rings is 1. The van der Waals surface area contributed by atoms with Crippen LogP contribution in [-0.4, -0.2) is 42.2 Å². The van der Waals surface area contributed by atoms with Crippen LogP contribution in [0.5, 0.6) is 0 Å². The number of amides is 1. The Morgan fingerprint density at radius 3 is 2.70 bits per heavy atom. The third kappa shape index (κ3) is 4.20. The van der Waals surface area contributed by atoms with Crippen molar-refractivity contribution in [3.8, 4) is 0 Å². The van der Waals surface area contributed by atoms with Crippen molar-refractivity contribution >= 4 is 17.5 Å². The average Bonchev–Trinajstić information content (AvgIpc) is 2.49. The molecule has 0 radical (unpaired) electrons. The van der Waals surface area contributed by atoms with Crippen LogP contribution in [0.15, 0.2) is 24.3 Å². The molecule has 1 fully saturated rings. The van der Waals surface area contributed by atoms with Gasteiger partial charge in [-0.15, -0.1) is 0 Å². The van der Waals surface area contributed by atoms with Crippen molar-refractivity contribution in [1.29, 1.82) is 0 Å². The first-order valence-corrected chi connectivity index (χ1v) is 7.28. The molecule has 1 N–H and O–H groups in total. The van der Waals surface area contributed by atoms with Gasteiger partial charge in [0.2, 0.25) is 5.91 Å². The van der Waals surface area contributed by atoms with E-state index in [1.807, 2.05) is 24.3 Å². The minimum atomic E-state index is 0.00782. The zero-order chi connectivity index (χ0) is 14.4. The van der Waals surface area contributed by atoms with Gasteiger partial charge in [-0.2, -0.15) is 0 Å². The molecular weight excluding hydrogens is 278 g/mol. The van der Waals surface area contributed by atoms with Gasteiger partial charge < -0.3 is 14.7 Å². The summed E-state index contributed by atoms with van der Waals surface area (Å²) < 4.78 is 5.44. The maximum absolute atomic E-state index is 12.0. The number of aliphatic hydroxyl groups is 1. The predicted octanol–water partition coefficient (Wildman–Crippen LogP) is 2.09. The summed E-state index contributed by atoms with van der Waals surface area (Å²) in [6.45, 7) is 2.05. The lowest BCUT2D eigenvalue weighted by Gasteiger charge is -2.31. The van der Waals surface area contributed by atoms with Gasteiger partial charge in [-0.1, -0.05) is 29.8 Å². The number of carbonyl (C=O) groups excluding carboxylic acids is 1. The highest BCUT2D eigenvalue weighted by Gasteiger charge is 2.22. The minimum Gasteiger partial charge on any atom is -0.396 e. The summed E-state index contributed by atoms with van der Waals surface area (Å²) in [6, 6.07) is 7.45. The van der Waals surface area contributed by atoms with Crippen molar-refractivity contribution in [3.63, 3.8) is 0 Å². The van der Waals surface area contributed by atoms with Gasteiger partial charge in [-0.25, -0.2) is 0 Å². The molecule has 0 saturated carbocycles. The van der Waals surface area contributed by atoms with Gasteiger partial charge in [0.05, 0.1) is 6.61 Å². The molecule has 1 aromatic rings. The van der Waals surface area contributed by atoms with E-state index >= 15 is 0 Å². The largest absolute Gasteiger partial charge is 0.396 e. The molecule has 0 aliphatic carbocycles. The van der Waals surface area contributed by atoms with Gasteiger partial charge in [0, 0.05) is 24.7 Å². The van der Waals surface area contributed by atoms with Gasteiger partial charge in [0.1, 0.15) is 6.61 Å². The molecular formula is C15H20ClNO3. The summed E-state index contributed by atoms with van der Waals surface area (Å²) in [5.41, 5.74) is 0.890. The Morgan fingerprint density at radius 2 is 2.05 bits per heavy atom. The zero-order valence-electron chi connectivity index (χ0n) is 11.4. The van der Waals surface area contributed by atoms with Crippen molar-refractivity contribution in [2.75, 3.05) is 26.3 Å². The van der Waals surface area contributed by atoms with Crippen LogP contribution in [0.2, 0.25) is 5.02 Å². The number of likely N-dealkylation sites (tertiary alicyclic amines) is 1. The van der Waals surface area contributed by atoms with Gasteiger partial charge in [-0.05, 0) is 30.4 Å². The monoisotopic (exact) mass is 297 g/mol. The molecule has 0 atom stereocenters. The fourth-order valence-corrected chi connectivity index (χ4v) is 2.51. The van der Waals surface area contributed by atoms with E-state index in [2.05, 4.69) is 0 Å². The van der Waals surface area contributed by atoms with Crippen LogP contribution in [0.25, 0.3) is 0 Å². The maximum Gasteiger partial charge on any atom is 0.248 e. The number of benzene rings is 1. The molecule has 0 spiro atoms. The van der Waals surface area contributed by atoms with E-state index in [9.17, 15) is 4.79 Å². The topological polar surface area (TPSA) is 49.8 Å². The number of rotatable bonds is 5. The van der Waals surface area contributed by atoms with E-state index in [1.54, 1.807) is 4.90 Å². The first-order valence-electron chi connectivity index (χ1n) is 6.90. The molecule has 1 amide bonds. The van der Waals surface area contributed by atoms with Gasteiger partial charge in [0.15, 0.2) is 0 Å². The molecule has 0 unspecified atom stereocenters. The molecule has 110 valence electrons. The summed E-state index contributed by atoms with van der Waals surface area (Å²) >= 11 is 6.02. The summed E-state index contributed by atoms with van der Waals surface area (Å²) in [7, 11) is 0. The summed E-state index contributed by atoms with van der Waals surface area (Å²) in [5.74, 6) is 0.344. The van der Waals surface area contributed by atoms with E-state index in [0.29, 0.717) is 30.6 Å². The maximum atomic E-state index is 12.0. The summed E-state index contributed by atoms with van der Waals surface area (Å²) in [6.07, 6.45) is 1.74. The molecule has 5 heteroatoms. The highest BCUT2D eigenvalue weighted by molar-refractivity contribution is 6.31. The molecule has 4 nitrogen and oxygen atoms in total. The Morgan fingerprint density at radius 1 is 1.35 bits per heavy atom. The molecule has 1 aliphatic rings. The van der Waals surface area contributed by atoms with Crippen LogP contribution >= 0.6 is 11.6 Å². The smallest absolute Gasteiger partial charge is 0.248 e. The van der Waals surface area contributed by atoms with Crippen LogP contribution < -0.4 is 0 Å². The van der Waals surface area contributed by atoms with E-state index < -0.39 is 0 Å². The number of hydrogen-bond acceptors (Lipinski definition) is 3. The summed E-state index contributed by atoms with van der Waals surface area (Å²) in [5, 5.41) is 9.72. The van der Waals surface area contributed by atoms with Crippen LogP contribution in [0.1, 0.15) is 18.4 Å². The highest BCUT2D eigenvalue weighted by atomic mass is 35.5. The molecule has 20 heavy (non-hydrogen) atoms. The molecule has 1 saturated heterocycles. The lowest BCUT2D eigenvalue weighted by Crippen LogP contribution is -2.41. The molecule has 1 heterocycles. The first-order chi connectivity index (χ1) is 9.70. The Kier molecular flexibility index (Phi) is 5.83. The minimum absolute atomic E-state index is 0.00782. The van der Waals surface area contributed by atoms with Crippen LogP contribution in [-0.2, 0) is 16.1 Å². The van der Waals surface area contributed by atoms with Crippen LogP contribution in [0.4, 0.5) is 0 Å². The third-order valence-corrected chi connectivity index (χ3v) is 4.04. The normalized spacial score (nSPS) is 16.4. The van der Waals surface area contributed by atoms with Gasteiger partial charge >= 0.3 is 0 Å². The van der Waals surface area contributed by atoms with Crippen molar-refractivity contribution < 1.29 is 14.6 Å². The Hall–Kier alpha value is -1.10. The average molecular weight is 298 g/mol. The van der Waals surface area contributed by atoms with E-state index in [4.69, 9.17) is 21.4 Å². The lowest BCUT2D eigenvalue weighted by atomic mass is 9.98. The second-order valence-electron chi connectivity index (χ2n) is 5.09. The van der Waals surface area contributed by atoms with E-state index in [-0.39, 0.29) is 19.1 Å². The summed E-state index contributed by atoms with van der Waals surface area (Å²) in [4.78, 5) is 13.8. The number of carbonyl (C=O) groups is 1.